The second kappa shape index (κ2) is 5.19. The number of benzene rings is 1. The lowest BCUT2D eigenvalue weighted by Crippen LogP contribution is -2.20. The Kier molecular flexibility index (Phi) is 3.64. The summed E-state index contributed by atoms with van der Waals surface area (Å²) in [5.74, 6) is -0.311. The molecule has 1 fully saturated rings. The Morgan fingerprint density at radius 2 is 2.12 bits per heavy atom. The van der Waals surface area contributed by atoms with Crippen LogP contribution in [0.1, 0.15) is 37.3 Å². The molecule has 0 saturated heterocycles. The van der Waals surface area contributed by atoms with Gasteiger partial charge in [0.1, 0.15) is 11.8 Å². The summed E-state index contributed by atoms with van der Waals surface area (Å²) < 4.78 is 5.80. The normalized spacial score (nSPS) is 17.9. The lowest BCUT2D eigenvalue weighted by Gasteiger charge is -2.14. The molecule has 0 spiro atoms. The summed E-state index contributed by atoms with van der Waals surface area (Å²) in [6.45, 7) is 0. The minimum absolute atomic E-state index is 0.270. The summed E-state index contributed by atoms with van der Waals surface area (Å²) in [6, 6.07) is 6.07. The molecule has 2 rings (SSSR count). The predicted molar refractivity (Wildman–Crippen MR) is 63.9 cm³/mol. The molecule has 0 radical (unpaired) electrons. The molecular formula is C13H17NO3. The standard InChI is InChI=1S/C13H17NO3/c14-12(13(15)16)9-4-3-7-11(8-9)17-10-5-1-2-6-10/h3-4,7-8,10,12H,1-2,5-6,14H2,(H,15,16). The molecule has 0 amide bonds. The highest BCUT2D eigenvalue weighted by atomic mass is 16.5. The minimum Gasteiger partial charge on any atom is -0.490 e. The van der Waals surface area contributed by atoms with Crippen LogP contribution in [-0.2, 0) is 4.79 Å². The molecule has 1 aliphatic rings. The van der Waals surface area contributed by atoms with Crippen molar-refractivity contribution in [2.75, 3.05) is 0 Å². The predicted octanol–water partition coefficient (Wildman–Crippen LogP) is 2.09. The number of carbonyl (C=O) groups is 1. The zero-order valence-electron chi connectivity index (χ0n) is 9.63. The van der Waals surface area contributed by atoms with Crippen molar-refractivity contribution in [1.82, 2.24) is 0 Å². The molecule has 0 aliphatic heterocycles. The van der Waals surface area contributed by atoms with Gasteiger partial charge in [0.2, 0.25) is 0 Å². The molecular weight excluding hydrogens is 218 g/mol. The third-order valence-corrected chi connectivity index (χ3v) is 3.09. The maximum atomic E-state index is 10.8. The van der Waals surface area contributed by atoms with Crippen LogP contribution in [0.4, 0.5) is 0 Å². The summed E-state index contributed by atoms with van der Waals surface area (Å²) in [5.41, 5.74) is 6.14. The molecule has 1 unspecified atom stereocenters. The first-order chi connectivity index (χ1) is 8.16. The summed E-state index contributed by atoms with van der Waals surface area (Å²) in [7, 11) is 0. The van der Waals surface area contributed by atoms with E-state index in [4.69, 9.17) is 15.6 Å². The number of nitrogens with two attached hydrogens (primary N) is 1. The van der Waals surface area contributed by atoms with Crippen LogP contribution in [0.5, 0.6) is 5.75 Å². The van der Waals surface area contributed by atoms with Crippen molar-refractivity contribution in [3.63, 3.8) is 0 Å². The van der Waals surface area contributed by atoms with Crippen molar-refractivity contribution in [2.24, 2.45) is 5.73 Å². The molecule has 0 heterocycles. The third-order valence-electron chi connectivity index (χ3n) is 3.09. The van der Waals surface area contributed by atoms with E-state index in [1.54, 1.807) is 18.2 Å². The van der Waals surface area contributed by atoms with E-state index in [1.165, 1.54) is 12.8 Å². The second-order valence-electron chi connectivity index (χ2n) is 4.41. The van der Waals surface area contributed by atoms with Crippen LogP contribution in [0.15, 0.2) is 24.3 Å². The Hall–Kier alpha value is -1.55. The molecule has 4 nitrogen and oxygen atoms in total. The Labute approximate surface area is 100 Å². The quantitative estimate of drug-likeness (QED) is 0.838. The van der Waals surface area contributed by atoms with E-state index in [2.05, 4.69) is 0 Å². The van der Waals surface area contributed by atoms with Gasteiger partial charge in [-0.2, -0.15) is 0 Å². The number of hydrogen-bond acceptors (Lipinski definition) is 3. The zero-order valence-corrected chi connectivity index (χ0v) is 9.63. The minimum atomic E-state index is -1.02. The highest BCUT2D eigenvalue weighted by molar-refractivity contribution is 5.75. The SMILES string of the molecule is NC(C(=O)O)c1cccc(OC2CCCC2)c1. The van der Waals surface area contributed by atoms with Crippen LogP contribution in [0.3, 0.4) is 0 Å². The van der Waals surface area contributed by atoms with Crippen molar-refractivity contribution in [1.29, 1.82) is 0 Å². The van der Waals surface area contributed by atoms with Gasteiger partial charge in [0.25, 0.3) is 0 Å². The highest BCUT2D eigenvalue weighted by Gasteiger charge is 2.18. The van der Waals surface area contributed by atoms with Gasteiger partial charge in [0.05, 0.1) is 6.10 Å². The maximum absolute atomic E-state index is 10.8. The van der Waals surface area contributed by atoms with E-state index in [-0.39, 0.29) is 6.10 Å². The van der Waals surface area contributed by atoms with Gasteiger partial charge in [-0.15, -0.1) is 0 Å². The fraction of sp³-hybridized carbons (Fsp3) is 0.462. The number of carboxylic acids is 1. The average molecular weight is 235 g/mol. The van der Waals surface area contributed by atoms with Crippen LogP contribution in [0.2, 0.25) is 0 Å². The van der Waals surface area contributed by atoms with Crippen molar-refractivity contribution < 1.29 is 14.6 Å². The summed E-state index contributed by atoms with van der Waals surface area (Å²) in [5, 5.41) is 8.84. The Balaban J connectivity index is 2.07. The smallest absolute Gasteiger partial charge is 0.325 e. The van der Waals surface area contributed by atoms with Crippen molar-refractivity contribution in [2.45, 2.75) is 37.8 Å². The summed E-state index contributed by atoms with van der Waals surface area (Å²) >= 11 is 0. The zero-order chi connectivity index (χ0) is 12.3. The van der Waals surface area contributed by atoms with E-state index in [1.807, 2.05) is 6.07 Å². The molecule has 0 bridgehead atoms. The molecule has 1 aromatic carbocycles. The Morgan fingerprint density at radius 1 is 1.41 bits per heavy atom. The fourth-order valence-electron chi connectivity index (χ4n) is 2.12. The van der Waals surface area contributed by atoms with Crippen LogP contribution in [0.25, 0.3) is 0 Å². The number of aliphatic carboxylic acids is 1. The number of ether oxygens (including phenoxy) is 1. The van der Waals surface area contributed by atoms with Gasteiger partial charge in [-0.25, -0.2) is 0 Å². The summed E-state index contributed by atoms with van der Waals surface area (Å²) in [4.78, 5) is 10.8. The van der Waals surface area contributed by atoms with E-state index >= 15 is 0 Å². The molecule has 4 heteroatoms. The molecule has 92 valence electrons. The maximum Gasteiger partial charge on any atom is 0.325 e. The molecule has 17 heavy (non-hydrogen) atoms. The van der Waals surface area contributed by atoms with Crippen LogP contribution >= 0.6 is 0 Å². The van der Waals surface area contributed by atoms with Crippen LogP contribution in [-0.4, -0.2) is 17.2 Å². The molecule has 3 N–H and O–H groups in total. The number of hydrogen-bond donors (Lipinski definition) is 2. The lowest BCUT2D eigenvalue weighted by molar-refractivity contribution is -0.138. The topological polar surface area (TPSA) is 72.6 Å². The number of rotatable bonds is 4. The highest BCUT2D eigenvalue weighted by Crippen LogP contribution is 2.25. The van der Waals surface area contributed by atoms with Gasteiger partial charge < -0.3 is 15.6 Å². The van der Waals surface area contributed by atoms with Crippen molar-refractivity contribution in [3.05, 3.63) is 29.8 Å². The van der Waals surface area contributed by atoms with Gasteiger partial charge in [0, 0.05) is 0 Å². The molecule has 1 atom stereocenters. The van der Waals surface area contributed by atoms with Gasteiger partial charge in [-0.05, 0) is 43.4 Å². The van der Waals surface area contributed by atoms with Gasteiger partial charge >= 0.3 is 5.97 Å². The molecule has 1 aliphatic carbocycles. The largest absolute Gasteiger partial charge is 0.490 e. The average Bonchev–Trinajstić information content (AvgIpc) is 2.81. The third kappa shape index (κ3) is 2.97. The fourth-order valence-corrected chi connectivity index (χ4v) is 2.12. The van der Waals surface area contributed by atoms with Crippen molar-refractivity contribution >= 4 is 5.97 Å². The molecule has 0 aromatic heterocycles. The monoisotopic (exact) mass is 235 g/mol. The molecule has 1 saturated carbocycles. The number of carboxylic acid groups (broad SMARTS) is 1. The first-order valence-electron chi connectivity index (χ1n) is 5.92. The van der Waals surface area contributed by atoms with Gasteiger partial charge in [0.15, 0.2) is 0 Å². The Bertz CT molecular complexity index is 399. The van der Waals surface area contributed by atoms with E-state index in [0.717, 1.165) is 12.8 Å². The summed E-state index contributed by atoms with van der Waals surface area (Å²) in [6.07, 6.45) is 4.84. The van der Waals surface area contributed by atoms with Crippen LogP contribution < -0.4 is 10.5 Å². The van der Waals surface area contributed by atoms with Crippen molar-refractivity contribution in [3.8, 4) is 5.75 Å². The Morgan fingerprint density at radius 3 is 2.76 bits per heavy atom. The van der Waals surface area contributed by atoms with Gasteiger partial charge in [-0.1, -0.05) is 12.1 Å². The van der Waals surface area contributed by atoms with Gasteiger partial charge in [-0.3, -0.25) is 4.79 Å². The van der Waals surface area contributed by atoms with E-state index < -0.39 is 12.0 Å². The second-order valence-corrected chi connectivity index (χ2v) is 4.41. The first-order valence-corrected chi connectivity index (χ1v) is 5.92. The first kappa shape index (κ1) is 11.9. The lowest BCUT2D eigenvalue weighted by atomic mass is 10.1. The van der Waals surface area contributed by atoms with E-state index in [9.17, 15) is 4.79 Å². The molecule has 1 aromatic rings. The van der Waals surface area contributed by atoms with Crippen LogP contribution in [0, 0.1) is 0 Å². The van der Waals surface area contributed by atoms with E-state index in [0.29, 0.717) is 11.3 Å².